The first-order chi connectivity index (χ1) is 11.8. The largest absolute Gasteiger partial charge is 0.109 e. The fourth-order valence-corrected chi connectivity index (χ4v) is 7.78. The van der Waals surface area contributed by atoms with Gasteiger partial charge in [0, 0.05) is 0 Å². The second-order valence-electron chi connectivity index (χ2n) is 7.48. The van der Waals surface area contributed by atoms with Crippen LogP contribution in [0.4, 0.5) is 0 Å². The van der Waals surface area contributed by atoms with E-state index in [4.69, 9.17) is 0 Å². The zero-order chi connectivity index (χ0) is 18.2. The van der Waals surface area contributed by atoms with Crippen molar-refractivity contribution in [3.8, 4) is 0 Å². The summed E-state index contributed by atoms with van der Waals surface area (Å²) in [5, 5.41) is 4.44. The predicted octanol–water partition coefficient (Wildman–Crippen LogP) is 5.15. The van der Waals surface area contributed by atoms with Gasteiger partial charge in [-0.25, -0.2) is 0 Å². The lowest BCUT2D eigenvalue weighted by molar-refractivity contribution is 1.40. The maximum Gasteiger partial charge on any atom is 0.109 e. The Hall–Kier alpha value is -1.91. The molecule has 0 N–H and O–H groups in total. The first-order valence-corrected chi connectivity index (χ1v) is 11.1. The average molecular weight is 347 g/mol. The van der Waals surface area contributed by atoms with E-state index in [2.05, 4.69) is 102 Å². The lowest BCUT2D eigenvalue weighted by Gasteiger charge is -2.26. The van der Waals surface area contributed by atoms with E-state index < -0.39 is 7.26 Å². The highest BCUT2D eigenvalue weighted by molar-refractivity contribution is 7.95. The maximum absolute atomic E-state index is 2.48. The molecule has 0 spiro atoms. The van der Waals surface area contributed by atoms with Gasteiger partial charge in [0.15, 0.2) is 0 Å². The Morgan fingerprint density at radius 3 is 1.36 bits per heavy atom. The van der Waals surface area contributed by atoms with Crippen LogP contribution in [0.25, 0.3) is 0 Å². The molecule has 0 saturated heterocycles. The first kappa shape index (κ1) is 17.9. The van der Waals surface area contributed by atoms with Crippen molar-refractivity contribution < 1.29 is 0 Å². The molecule has 0 aliphatic heterocycles. The molecule has 3 rings (SSSR count). The summed E-state index contributed by atoms with van der Waals surface area (Å²) in [6.45, 7) is 13.6. The molecular formula is C24H28P+. The summed E-state index contributed by atoms with van der Waals surface area (Å²) in [4.78, 5) is 0. The smallest absolute Gasteiger partial charge is 0.0617 e. The standard InChI is InChI=1S/C24H28P/c1-17-11-18(2)14-22(13-17)25(6,24-10-8-7-9-21(24)5)23-15-19(3)12-20(4)16-23/h7-16H,1-6H3/q+1. The van der Waals surface area contributed by atoms with E-state index in [0.717, 1.165) is 0 Å². The molecule has 3 aromatic rings. The Morgan fingerprint density at radius 2 is 0.960 bits per heavy atom. The predicted molar refractivity (Wildman–Crippen MR) is 115 cm³/mol. The van der Waals surface area contributed by atoms with Crippen LogP contribution in [0.5, 0.6) is 0 Å². The van der Waals surface area contributed by atoms with Crippen molar-refractivity contribution in [2.24, 2.45) is 0 Å². The second kappa shape index (κ2) is 6.77. The van der Waals surface area contributed by atoms with E-state index in [1.807, 2.05) is 0 Å². The zero-order valence-corrected chi connectivity index (χ0v) is 17.1. The van der Waals surface area contributed by atoms with Gasteiger partial charge in [-0.1, -0.05) is 30.3 Å². The molecule has 0 heterocycles. The van der Waals surface area contributed by atoms with E-state index in [1.165, 1.54) is 43.7 Å². The van der Waals surface area contributed by atoms with Gasteiger partial charge in [-0.15, -0.1) is 0 Å². The van der Waals surface area contributed by atoms with Crippen LogP contribution in [0.2, 0.25) is 0 Å². The Morgan fingerprint density at radius 1 is 0.560 bits per heavy atom. The topological polar surface area (TPSA) is 0 Å². The van der Waals surface area contributed by atoms with E-state index in [1.54, 1.807) is 0 Å². The number of rotatable bonds is 3. The SMILES string of the molecule is Cc1cc(C)cc([P+](C)(c2cc(C)cc(C)c2)c2ccccc2C)c1. The van der Waals surface area contributed by atoms with E-state index in [-0.39, 0.29) is 0 Å². The van der Waals surface area contributed by atoms with Crippen molar-refractivity contribution in [1.29, 1.82) is 0 Å². The molecule has 0 radical (unpaired) electrons. The molecule has 3 aromatic carbocycles. The summed E-state index contributed by atoms with van der Waals surface area (Å²) in [5.41, 5.74) is 6.77. The van der Waals surface area contributed by atoms with Crippen LogP contribution in [0.15, 0.2) is 60.7 Å². The van der Waals surface area contributed by atoms with Gasteiger partial charge < -0.3 is 0 Å². The molecular weight excluding hydrogens is 319 g/mol. The first-order valence-electron chi connectivity index (χ1n) is 8.91. The number of aryl methyl sites for hydroxylation is 5. The number of hydrogen-bond donors (Lipinski definition) is 0. The molecule has 1 heteroatoms. The molecule has 0 atom stereocenters. The lowest BCUT2D eigenvalue weighted by Crippen LogP contribution is -2.32. The summed E-state index contributed by atoms with van der Waals surface area (Å²) in [6.07, 6.45) is 0. The molecule has 0 aromatic heterocycles. The molecule has 0 nitrogen and oxygen atoms in total. The highest BCUT2D eigenvalue weighted by atomic mass is 31.2. The molecule has 0 unspecified atom stereocenters. The van der Waals surface area contributed by atoms with Crippen molar-refractivity contribution in [3.05, 3.63) is 88.5 Å². The summed E-state index contributed by atoms with van der Waals surface area (Å²) < 4.78 is 0. The Labute approximate surface area is 153 Å². The zero-order valence-electron chi connectivity index (χ0n) is 16.2. The normalized spacial score (nSPS) is 11.6. The minimum absolute atomic E-state index is 1.35. The van der Waals surface area contributed by atoms with Crippen molar-refractivity contribution in [2.45, 2.75) is 34.6 Å². The van der Waals surface area contributed by atoms with Crippen LogP contribution < -0.4 is 15.9 Å². The average Bonchev–Trinajstić information content (AvgIpc) is 2.52. The van der Waals surface area contributed by atoms with Crippen LogP contribution in [0.3, 0.4) is 0 Å². The summed E-state index contributed by atoms with van der Waals surface area (Å²) in [7, 11) is -1.67. The molecule has 25 heavy (non-hydrogen) atoms. The lowest BCUT2D eigenvalue weighted by atomic mass is 10.2. The maximum atomic E-state index is 2.48. The minimum atomic E-state index is -1.67. The molecule has 0 aliphatic carbocycles. The highest BCUT2D eigenvalue weighted by Gasteiger charge is 2.41. The third kappa shape index (κ3) is 3.42. The molecule has 0 amide bonds. The van der Waals surface area contributed by atoms with Crippen molar-refractivity contribution in [3.63, 3.8) is 0 Å². The van der Waals surface area contributed by atoms with E-state index in [0.29, 0.717) is 0 Å². The van der Waals surface area contributed by atoms with Crippen LogP contribution in [-0.4, -0.2) is 6.66 Å². The van der Waals surface area contributed by atoms with E-state index >= 15 is 0 Å². The third-order valence-corrected chi connectivity index (χ3v) is 9.09. The summed E-state index contributed by atoms with van der Waals surface area (Å²) in [5.74, 6) is 0. The number of benzene rings is 3. The molecule has 0 saturated carbocycles. The Bertz CT molecular complexity index is 829. The molecule has 0 aliphatic rings. The van der Waals surface area contributed by atoms with Gasteiger partial charge in [0.05, 0.1) is 6.66 Å². The summed E-state index contributed by atoms with van der Waals surface area (Å²) in [6, 6.07) is 23.0. The minimum Gasteiger partial charge on any atom is -0.0617 e. The summed E-state index contributed by atoms with van der Waals surface area (Å²) >= 11 is 0. The molecule has 128 valence electrons. The van der Waals surface area contributed by atoms with E-state index in [9.17, 15) is 0 Å². The van der Waals surface area contributed by atoms with Crippen LogP contribution >= 0.6 is 7.26 Å². The third-order valence-electron chi connectivity index (χ3n) is 5.04. The second-order valence-corrected chi connectivity index (χ2v) is 11.0. The monoisotopic (exact) mass is 347 g/mol. The van der Waals surface area contributed by atoms with Gasteiger partial charge >= 0.3 is 0 Å². The number of hydrogen-bond acceptors (Lipinski definition) is 0. The van der Waals surface area contributed by atoms with Gasteiger partial charge in [0.2, 0.25) is 0 Å². The highest BCUT2D eigenvalue weighted by Crippen LogP contribution is 2.52. The van der Waals surface area contributed by atoms with Gasteiger partial charge in [-0.05, 0) is 92.8 Å². The van der Waals surface area contributed by atoms with Crippen molar-refractivity contribution >= 4 is 23.2 Å². The molecule has 0 bridgehead atoms. The Kier molecular flexibility index (Phi) is 4.85. The van der Waals surface area contributed by atoms with Crippen molar-refractivity contribution in [2.75, 3.05) is 6.66 Å². The van der Waals surface area contributed by atoms with Gasteiger partial charge in [-0.3, -0.25) is 0 Å². The van der Waals surface area contributed by atoms with Crippen LogP contribution in [0.1, 0.15) is 27.8 Å². The quantitative estimate of drug-likeness (QED) is 0.575. The van der Waals surface area contributed by atoms with Crippen LogP contribution in [0, 0.1) is 34.6 Å². The fraction of sp³-hybridized carbons (Fsp3) is 0.250. The van der Waals surface area contributed by atoms with Crippen molar-refractivity contribution in [1.82, 2.24) is 0 Å². The molecule has 0 fully saturated rings. The Balaban J connectivity index is 2.37. The van der Waals surface area contributed by atoms with Gasteiger partial charge in [-0.2, -0.15) is 0 Å². The van der Waals surface area contributed by atoms with Crippen LogP contribution in [-0.2, 0) is 0 Å². The van der Waals surface area contributed by atoms with Gasteiger partial charge in [0.1, 0.15) is 23.2 Å². The fourth-order valence-electron chi connectivity index (χ4n) is 3.91. The van der Waals surface area contributed by atoms with Gasteiger partial charge in [0.25, 0.3) is 0 Å².